The van der Waals surface area contributed by atoms with E-state index >= 15 is 0 Å². The van der Waals surface area contributed by atoms with Crippen LogP contribution in [0.25, 0.3) is 0 Å². The lowest BCUT2D eigenvalue weighted by Crippen LogP contribution is -1.85. The summed E-state index contributed by atoms with van der Waals surface area (Å²) in [5, 5.41) is 0. The zero-order valence-corrected chi connectivity index (χ0v) is 8.59. The Balaban J connectivity index is 2.58. The Morgan fingerprint density at radius 3 is 2.23 bits per heavy atom. The van der Waals surface area contributed by atoms with Gasteiger partial charge in [-0.05, 0) is 30.9 Å². The maximum atomic E-state index is 2.24. The van der Waals surface area contributed by atoms with Gasteiger partial charge in [0.25, 0.3) is 0 Å². The molecule has 1 aromatic carbocycles. The monoisotopic (exact) mass is 174 g/mol. The van der Waals surface area contributed by atoms with Crippen LogP contribution >= 0.6 is 0 Å². The van der Waals surface area contributed by atoms with Crippen molar-refractivity contribution >= 4 is 0 Å². The van der Waals surface area contributed by atoms with Crippen molar-refractivity contribution in [1.82, 2.24) is 0 Å². The molecule has 0 aromatic heterocycles. The van der Waals surface area contributed by atoms with E-state index in [1.165, 1.54) is 24.0 Å². The Labute approximate surface area is 81.3 Å². The van der Waals surface area contributed by atoms with Gasteiger partial charge in [-0.25, -0.2) is 0 Å². The first-order chi connectivity index (χ1) is 6.36. The van der Waals surface area contributed by atoms with Gasteiger partial charge in [-0.2, -0.15) is 0 Å². The number of rotatable bonds is 4. The molecule has 0 amide bonds. The van der Waals surface area contributed by atoms with Crippen molar-refractivity contribution < 1.29 is 0 Å². The zero-order chi connectivity index (χ0) is 9.52. The fourth-order valence-electron chi connectivity index (χ4n) is 1.38. The third-order valence-corrected chi connectivity index (χ3v) is 2.15. The van der Waals surface area contributed by atoms with E-state index in [9.17, 15) is 0 Å². The van der Waals surface area contributed by atoms with Crippen molar-refractivity contribution in [3.8, 4) is 0 Å². The van der Waals surface area contributed by atoms with Gasteiger partial charge in [0, 0.05) is 0 Å². The molecule has 0 bridgehead atoms. The summed E-state index contributed by atoms with van der Waals surface area (Å²) in [4.78, 5) is 0. The lowest BCUT2D eigenvalue weighted by molar-refractivity contribution is 0.920. The second kappa shape index (κ2) is 5.58. The molecule has 0 heterocycles. The molecule has 0 aliphatic rings. The van der Waals surface area contributed by atoms with Gasteiger partial charge >= 0.3 is 0 Å². The number of hydrogen-bond acceptors (Lipinski definition) is 0. The van der Waals surface area contributed by atoms with Crippen LogP contribution in [0.1, 0.15) is 31.4 Å². The molecule has 0 N–H and O–H groups in total. The van der Waals surface area contributed by atoms with Crippen LogP contribution in [0.3, 0.4) is 0 Å². The summed E-state index contributed by atoms with van der Waals surface area (Å²) in [6.45, 7) is 4.28. The molecule has 70 valence electrons. The van der Waals surface area contributed by atoms with E-state index in [4.69, 9.17) is 0 Å². The van der Waals surface area contributed by atoms with Crippen molar-refractivity contribution in [2.24, 2.45) is 0 Å². The molecule has 0 saturated carbocycles. The first kappa shape index (κ1) is 10.0. The van der Waals surface area contributed by atoms with Crippen molar-refractivity contribution in [2.75, 3.05) is 0 Å². The molecule has 0 fully saturated rings. The van der Waals surface area contributed by atoms with Crippen molar-refractivity contribution in [1.29, 1.82) is 0 Å². The van der Waals surface area contributed by atoms with Gasteiger partial charge in [0.15, 0.2) is 0 Å². The average Bonchev–Trinajstić information content (AvgIpc) is 2.17. The Morgan fingerprint density at radius 1 is 1.08 bits per heavy atom. The van der Waals surface area contributed by atoms with Crippen molar-refractivity contribution in [3.05, 3.63) is 47.5 Å². The van der Waals surface area contributed by atoms with Crippen LogP contribution in [-0.2, 0) is 12.8 Å². The van der Waals surface area contributed by atoms with Gasteiger partial charge in [0.1, 0.15) is 0 Å². The van der Waals surface area contributed by atoms with Gasteiger partial charge in [0.2, 0.25) is 0 Å². The largest absolute Gasteiger partial charge is 0.0913 e. The summed E-state index contributed by atoms with van der Waals surface area (Å²) in [6, 6.07) is 8.93. The smallest absolute Gasteiger partial charge is 0.00976 e. The highest BCUT2D eigenvalue weighted by Gasteiger charge is 1.91. The van der Waals surface area contributed by atoms with Crippen LogP contribution in [0.2, 0.25) is 0 Å². The Kier molecular flexibility index (Phi) is 4.31. The highest BCUT2D eigenvalue weighted by Crippen LogP contribution is 2.07. The molecule has 0 saturated heterocycles. The van der Waals surface area contributed by atoms with Gasteiger partial charge < -0.3 is 0 Å². The Bertz CT molecular complexity index is 254. The van der Waals surface area contributed by atoms with Crippen molar-refractivity contribution in [2.45, 2.75) is 33.1 Å². The van der Waals surface area contributed by atoms with Crippen LogP contribution in [0.5, 0.6) is 0 Å². The maximum absolute atomic E-state index is 2.24. The fraction of sp³-hybridized carbons (Fsp3) is 0.385. The summed E-state index contributed by atoms with van der Waals surface area (Å²) in [5.74, 6) is 0. The van der Waals surface area contributed by atoms with Crippen molar-refractivity contribution in [3.63, 3.8) is 0 Å². The first-order valence-corrected chi connectivity index (χ1v) is 5.05. The third-order valence-electron chi connectivity index (χ3n) is 2.15. The second-order valence-electron chi connectivity index (χ2n) is 3.34. The number of benzene rings is 1. The Morgan fingerprint density at radius 2 is 1.69 bits per heavy atom. The lowest BCUT2D eigenvalue weighted by Gasteiger charge is -2.00. The highest BCUT2D eigenvalue weighted by atomic mass is 14.0. The summed E-state index contributed by atoms with van der Waals surface area (Å²) < 4.78 is 0. The molecule has 1 rings (SSSR count). The minimum atomic E-state index is 1.06. The van der Waals surface area contributed by atoms with E-state index in [-0.39, 0.29) is 0 Å². The van der Waals surface area contributed by atoms with E-state index in [2.05, 4.69) is 50.3 Å². The molecule has 13 heavy (non-hydrogen) atoms. The number of hydrogen-bond donors (Lipinski definition) is 0. The maximum Gasteiger partial charge on any atom is -0.00976 e. The quantitative estimate of drug-likeness (QED) is 0.610. The van der Waals surface area contributed by atoms with E-state index in [0.29, 0.717) is 0 Å². The summed E-state index contributed by atoms with van der Waals surface area (Å²) in [5.41, 5.74) is 2.85. The molecule has 0 nitrogen and oxygen atoms in total. The van der Waals surface area contributed by atoms with Gasteiger partial charge in [-0.15, -0.1) is 0 Å². The second-order valence-corrected chi connectivity index (χ2v) is 3.34. The predicted molar refractivity (Wildman–Crippen MR) is 59.0 cm³/mol. The average molecular weight is 174 g/mol. The third kappa shape index (κ3) is 3.45. The highest BCUT2D eigenvalue weighted by molar-refractivity contribution is 5.24. The van der Waals surface area contributed by atoms with Crippen LogP contribution < -0.4 is 0 Å². The molecule has 0 aliphatic carbocycles. The van der Waals surface area contributed by atoms with Crippen LogP contribution in [0, 0.1) is 0 Å². The minimum Gasteiger partial charge on any atom is -0.0913 e. The molecule has 0 heteroatoms. The Hall–Kier alpha value is -1.04. The topological polar surface area (TPSA) is 0 Å². The summed E-state index contributed by atoms with van der Waals surface area (Å²) >= 11 is 0. The van der Waals surface area contributed by atoms with Crippen LogP contribution in [0.4, 0.5) is 0 Å². The molecule has 1 aromatic rings. The SMILES string of the molecule is CC=CCc1ccc(CCC)cc1. The zero-order valence-electron chi connectivity index (χ0n) is 8.59. The van der Waals surface area contributed by atoms with Gasteiger partial charge in [-0.1, -0.05) is 49.8 Å². The molecular weight excluding hydrogens is 156 g/mol. The molecule has 0 radical (unpaired) electrons. The molecule has 0 spiro atoms. The van der Waals surface area contributed by atoms with Gasteiger partial charge in [0.05, 0.1) is 0 Å². The number of allylic oxidation sites excluding steroid dienone is 2. The van der Waals surface area contributed by atoms with Gasteiger partial charge in [-0.3, -0.25) is 0 Å². The molecular formula is C13H18. The minimum absolute atomic E-state index is 1.06. The standard InChI is InChI=1S/C13H18/c1-3-5-7-13-10-8-12(6-4-2)9-11-13/h3,5,8-11H,4,6-7H2,1-2H3. The molecule has 0 aliphatic heterocycles. The van der Waals surface area contributed by atoms with Crippen LogP contribution in [0.15, 0.2) is 36.4 Å². The predicted octanol–water partition coefficient (Wildman–Crippen LogP) is 3.76. The van der Waals surface area contributed by atoms with E-state index in [0.717, 1.165) is 6.42 Å². The first-order valence-electron chi connectivity index (χ1n) is 5.05. The molecule has 0 unspecified atom stereocenters. The lowest BCUT2D eigenvalue weighted by atomic mass is 10.1. The summed E-state index contributed by atoms with van der Waals surface area (Å²) in [6.07, 6.45) is 7.77. The number of aryl methyl sites for hydroxylation is 1. The summed E-state index contributed by atoms with van der Waals surface area (Å²) in [7, 11) is 0. The normalized spacial score (nSPS) is 10.9. The van der Waals surface area contributed by atoms with E-state index < -0.39 is 0 Å². The van der Waals surface area contributed by atoms with E-state index in [1.807, 2.05) is 0 Å². The molecule has 0 atom stereocenters. The fourth-order valence-corrected chi connectivity index (χ4v) is 1.38. The van der Waals surface area contributed by atoms with Crippen LogP contribution in [-0.4, -0.2) is 0 Å². The van der Waals surface area contributed by atoms with E-state index in [1.54, 1.807) is 0 Å².